The van der Waals surface area contributed by atoms with Crippen LogP contribution in [0.3, 0.4) is 0 Å². The van der Waals surface area contributed by atoms with E-state index in [0.29, 0.717) is 18.8 Å². The molecule has 33 heavy (non-hydrogen) atoms. The first-order valence-corrected chi connectivity index (χ1v) is 12.3. The standard InChI is InChI=1S/C25H31N5O2S/c1-20-3-6-22(27-19-20)9-12-29-14-16-30(17-15-29)25(31)32-23-7-4-21(5-8-23)10-18-33-24-26-11-13-28(24)2/h3-8,11,13,19H,9-10,12,14-18H2,1-2H3. The van der Waals surface area contributed by atoms with Crippen LogP contribution in [0.15, 0.2) is 60.1 Å². The predicted molar refractivity (Wildman–Crippen MR) is 131 cm³/mol. The highest BCUT2D eigenvalue weighted by Gasteiger charge is 2.22. The van der Waals surface area contributed by atoms with E-state index in [1.54, 1.807) is 16.7 Å². The third-order valence-electron chi connectivity index (χ3n) is 5.81. The summed E-state index contributed by atoms with van der Waals surface area (Å²) in [5.41, 5.74) is 3.51. The Labute approximate surface area is 199 Å². The Morgan fingerprint density at radius 1 is 1.03 bits per heavy atom. The van der Waals surface area contributed by atoms with Crippen molar-refractivity contribution in [2.75, 3.05) is 38.5 Å². The lowest BCUT2D eigenvalue weighted by molar-refractivity contribution is 0.111. The number of piperazine rings is 1. The van der Waals surface area contributed by atoms with Gasteiger partial charge in [-0.05, 0) is 42.7 Å². The van der Waals surface area contributed by atoms with Crippen LogP contribution in [0.1, 0.15) is 16.8 Å². The predicted octanol–water partition coefficient (Wildman–Crippen LogP) is 3.82. The van der Waals surface area contributed by atoms with E-state index in [4.69, 9.17) is 4.74 Å². The molecule has 0 atom stereocenters. The van der Waals surface area contributed by atoms with E-state index < -0.39 is 0 Å². The molecule has 1 saturated heterocycles. The summed E-state index contributed by atoms with van der Waals surface area (Å²) >= 11 is 1.74. The van der Waals surface area contributed by atoms with Crippen molar-refractivity contribution in [3.8, 4) is 5.75 Å². The van der Waals surface area contributed by atoms with Gasteiger partial charge in [-0.25, -0.2) is 9.78 Å². The second kappa shape index (κ2) is 11.3. The molecule has 0 N–H and O–H groups in total. The third-order valence-corrected chi connectivity index (χ3v) is 6.87. The lowest BCUT2D eigenvalue weighted by atomic mass is 10.2. The van der Waals surface area contributed by atoms with Crippen molar-refractivity contribution >= 4 is 17.9 Å². The van der Waals surface area contributed by atoms with Gasteiger partial charge in [-0.1, -0.05) is 30.0 Å². The normalized spacial score (nSPS) is 14.4. The van der Waals surface area contributed by atoms with Gasteiger partial charge in [-0.2, -0.15) is 0 Å². The van der Waals surface area contributed by atoms with E-state index in [-0.39, 0.29) is 6.09 Å². The molecule has 7 nitrogen and oxygen atoms in total. The SMILES string of the molecule is Cc1ccc(CCN2CCN(C(=O)Oc3ccc(CCSc4nccn4C)cc3)CC2)nc1. The van der Waals surface area contributed by atoms with Crippen molar-refractivity contribution < 1.29 is 9.53 Å². The molecule has 0 radical (unpaired) electrons. The van der Waals surface area contributed by atoms with Crippen molar-refractivity contribution in [3.63, 3.8) is 0 Å². The van der Waals surface area contributed by atoms with Crippen LogP contribution in [0.25, 0.3) is 0 Å². The van der Waals surface area contributed by atoms with Crippen LogP contribution in [0.4, 0.5) is 4.79 Å². The van der Waals surface area contributed by atoms with Crippen molar-refractivity contribution in [1.29, 1.82) is 0 Å². The average Bonchev–Trinajstić information content (AvgIpc) is 3.24. The van der Waals surface area contributed by atoms with Crippen LogP contribution in [-0.2, 0) is 19.9 Å². The number of imidazole rings is 1. The summed E-state index contributed by atoms with van der Waals surface area (Å²) in [5, 5.41) is 1.02. The third kappa shape index (κ3) is 6.82. The Kier molecular flexibility index (Phi) is 8.01. The number of ether oxygens (including phenoxy) is 1. The summed E-state index contributed by atoms with van der Waals surface area (Å²) in [6.07, 6.45) is 7.27. The van der Waals surface area contributed by atoms with Crippen LogP contribution in [-0.4, -0.2) is 68.9 Å². The Morgan fingerprint density at radius 2 is 1.82 bits per heavy atom. The minimum Gasteiger partial charge on any atom is -0.410 e. The monoisotopic (exact) mass is 465 g/mol. The Balaban J connectivity index is 1.16. The number of hydrogen-bond donors (Lipinski definition) is 0. The molecular weight excluding hydrogens is 434 g/mol. The molecule has 2 aromatic heterocycles. The number of benzene rings is 1. The highest BCUT2D eigenvalue weighted by Crippen LogP contribution is 2.19. The average molecular weight is 466 g/mol. The molecule has 1 amide bonds. The van der Waals surface area contributed by atoms with Gasteiger partial charge in [0, 0.05) is 76.2 Å². The fraction of sp³-hybridized carbons (Fsp3) is 0.400. The number of nitrogens with zero attached hydrogens (tertiary/aromatic N) is 5. The van der Waals surface area contributed by atoms with Gasteiger partial charge in [-0.3, -0.25) is 9.88 Å². The molecule has 1 aliphatic heterocycles. The maximum absolute atomic E-state index is 12.6. The number of aryl methyl sites for hydroxylation is 3. The largest absolute Gasteiger partial charge is 0.415 e. The number of thioether (sulfide) groups is 1. The van der Waals surface area contributed by atoms with Crippen LogP contribution in [0.2, 0.25) is 0 Å². The van der Waals surface area contributed by atoms with Gasteiger partial charge in [0.1, 0.15) is 5.75 Å². The van der Waals surface area contributed by atoms with Crippen LogP contribution >= 0.6 is 11.8 Å². The van der Waals surface area contributed by atoms with E-state index in [0.717, 1.165) is 49.1 Å². The number of pyridine rings is 1. The molecular formula is C25H31N5O2S. The zero-order valence-electron chi connectivity index (χ0n) is 19.3. The van der Waals surface area contributed by atoms with Gasteiger partial charge in [0.25, 0.3) is 0 Å². The smallest absolute Gasteiger partial charge is 0.410 e. The molecule has 0 spiro atoms. The molecule has 8 heteroatoms. The molecule has 1 aliphatic rings. The molecule has 3 heterocycles. The number of aromatic nitrogens is 3. The van der Waals surface area contributed by atoms with E-state index in [1.807, 2.05) is 61.4 Å². The van der Waals surface area contributed by atoms with E-state index >= 15 is 0 Å². The maximum Gasteiger partial charge on any atom is 0.415 e. The van der Waals surface area contributed by atoms with Gasteiger partial charge in [0.05, 0.1) is 0 Å². The lowest BCUT2D eigenvalue weighted by Crippen LogP contribution is -2.49. The van der Waals surface area contributed by atoms with Crippen molar-refractivity contribution in [3.05, 3.63) is 71.8 Å². The first-order chi connectivity index (χ1) is 16.1. The van der Waals surface area contributed by atoms with Gasteiger partial charge >= 0.3 is 6.09 Å². The van der Waals surface area contributed by atoms with Gasteiger partial charge in [0.15, 0.2) is 5.16 Å². The fourth-order valence-electron chi connectivity index (χ4n) is 3.71. The minimum atomic E-state index is -0.270. The molecule has 174 valence electrons. The number of rotatable bonds is 8. The molecule has 0 bridgehead atoms. The molecule has 4 rings (SSSR count). The van der Waals surface area contributed by atoms with Crippen LogP contribution in [0, 0.1) is 6.92 Å². The van der Waals surface area contributed by atoms with Crippen molar-refractivity contribution in [2.24, 2.45) is 7.05 Å². The topological polar surface area (TPSA) is 63.5 Å². The van der Waals surface area contributed by atoms with Crippen LogP contribution < -0.4 is 4.74 Å². The van der Waals surface area contributed by atoms with E-state index in [9.17, 15) is 4.79 Å². The van der Waals surface area contributed by atoms with Crippen molar-refractivity contribution in [2.45, 2.75) is 24.9 Å². The molecule has 0 aliphatic carbocycles. The Morgan fingerprint density at radius 3 is 2.48 bits per heavy atom. The van der Waals surface area contributed by atoms with Crippen molar-refractivity contribution in [1.82, 2.24) is 24.3 Å². The van der Waals surface area contributed by atoms with Gasteiger partial charge < -0.3 is 14.2 Å². The highest BCUT2D eigenvalue weighted by atomic mass is 32.2. The number of carbonyl (C=O) groups excluding carboxylic acids is 1. The Hall–Kier alpha value is -2.84. The minimum absolute atomic E-state index is 0.270. The number of amides is 1. The number of carbonyl (C=O) groups is 1. The molecule has 0 saturated carbocycles. The fourth-order valence-corrected chi connectivity index (χ4v) is 4.63. The zero-order valence-corrected chi connectivity index (χ0v) is 20.1. The van der Waals surface area contributed by atoms with E-state index in [1.165, 1.54) is 11.1 Å². The summed E-state index contributed by atoms with van der Waals surface area (Å²) in [7, 11) is 2.00. The van der Waals surface area contributed by atoms with Gasteiger partial charge in [-0.15, -0.1) is 0 Å². The first kappa shape index (κ1) is 23.3. The second-order valence-corrected chi connectivity index (χ2v) is 9.40. The molecule has 1 aromatic carbocycles. The van der Waals surface area contributed by atoms with Gasteiger partial charge in [0.2, 0.25) is 0 Å². The molecule has 3 aromatic rings. The maximum atomic E-state index is 12.6. The summed E-state index contributed by atoms with van der Waals surface area (Å²) in [6.45, 7) is 6.08. The first-order valence-electron chi connectivity index (χ1n) is 11.4. The molecule has 0 unspecified atom stereocenters. The number of hydrogen-bond acceptors (Lipinski definition) is 6. The quantitative estimate of drug-likeness (QED) is 0.472. The van der Waals surface area contributed by atoms with Crippen LogP contribution in [0.5, 0.6) is 5.75 Å². The van der Waals surface area contributed by atoms with E-state index in [2.05, 4.69) is 27.0 Å². The zero-order chi connectivity index (χ0) is 23.0. The summed E-state index contributed by atoms with van der Waals surface area (Å²) in [4.78, 5) is 25.5. The highest BCUT2D eigenvalue weighted by molar-refractivity contribution is 7.99. The Bertz CT molecular complexity index is 1030. The lowest BCUT2D eigenvalue weighted by Gasteiger charge is -2.33. The summed E-state index contributed by atoms with van der Waals surface area (Å²) in [6, 6.07) is 12.0. The summed E-state index contributed by atoms with van der Waals surface area (Å²) in [5.74, 6) is 1.54. The molecule has 1 fully saturated rings. The second-order valence-electron chi connectivity index (χ2n) is 8.34. The summed E-state index contributed by atoms with van der Waals surface area (Å²) < 4.78 is 7.63.